The normalized spacial score (nSPS) is 16.5. The number of aromatic nitrogens is 1. The lowest BCUT2D eigenvalue weighted by atomic mass is 9.93. The molecule has 0 spiro atoms. The van der Waals surface area contributed by atoms with Crippen molar-refractivity contribution in [2.45, 2.75) is 32.2 Å². The van der Waals surface area contributed by atoms with Gasteiger partial charge in [0.25, 0.3) is 0 Å². The summed E-state index contributed by atoms with van der Waals surface area (Å²) >= 11 is 0. The summed E-state index contributed by atoms with van der Waals surface area (Å²) < 4.78 is 10.8. The van der Waals surface area contributed by atoms with Crippen molar-refractivity contribution in [3.05, 3.63) is 58.8 Å². The van der Waals surface area contributed by atoms with Gasteiger partial charge in [0.1, 0.15) is 0 Å². The van der Waals surface area contributed by atoms with E-state index in [0.717, 1.165) is 37.3 Å². The van der Waals surface area contributed by atoms with E-state index in [2.05, 4.69) is 47.6 Å². The first kappa shape index (κ1) is 17.0. The predicted molar refractivity (Wildman–Crippen MR) is 105 cm³/mol. The van der Waals surface area contributed by atoms with Gasteiger partial charge in [0, 0.05) is 16.6 Å². The number of benzene rings is 2. The van der Waals surface area contributed by atoms with Crippen LogP contribution < -0.4 is 14.8 Å². The zero-order valence-corrected chi connectivity index (χ0v) is 15.7. The second-order valence-electron chi connectivity index (χ2n) is 6.86. The Labute approximate surface area is 154 Å². The molecule has 1 unspecified atom stereocenters. The van der Waals surface area contributed by atoms with Crippen molar-refractivity contribution in [3.63, 3.8) is 0 Å². The monoisotopic (exact) mass is 350 g/mol. The van der Waals surface area contributed by atoms with Crippen molar-refractivity contribution in [1.29, 1.82) is 0 Å². The van der Waals surface area contributed by atoms with Crippen LogP contribution in [0.4, 0.5) is 0 Å². The molecular weight excluding hydrogens is 324 g/mol. The average molecular weight is 350 g/mol. The number of rotatable bonds is 5. The number of aryl methyl sites for hydroxylation is 1. The Morgan fingerprint density at radius 2 is 1.92 bits per heavy atom. The van der Waals surface area contributed by atoms with Gasteiger partial charge in [-0.3, -0.25) is 0 Å². The summed E-state index contributed by atoms with van der Waals surface area (Å²) in [6.07, 6.45) is 3.06. The molecule has 26 heavy (non-hydrogen) atoms. The molecule has 4 heteroatoms. The molecule has 0 bridgehead atoms. The van der Waals surface area contributed by atoms with Gasteiger partial charge in [0.15, 0.2) is 11.5 Å². The van der Waals surface area contributed by atoms with Crippen LogP contribution in [-0.4, -0.2) is 25.7 Å². The van der Waals surface area contributed by atoms with Crippen LogP contribution in [0.15, 0.2) is 36.4 Å². The van der Waals surface area contributed by atoms with E-state index < -0.39 is 0 Å². The largest absolute Gasteiger partial charge is 0.493 e. The van der Waals surface area contributed by atoms with E-state index in [-0.39, 0.29) is 6.04 Å². The predicted octanol–water partition coefficient (Wildman–Crippen LogP) is 4.18. The Balaban J connectivity index is 1.70. The fraction of sp³-hybridized carbons (Fsp3) is 0.364. The van der Waals surface area contributed by atoms with Crippen molar-refractivity contribution in [3.8, 4) is 11.5 Å². The second kappa shape index (κ2) is 7.04. The van der Waals surface area contributed by atoms with Crippen LogP contribution >= 0.6 is 0 Å². The topological polar surface area (TPSA) is 46.3 Å². The van der Waals surface area contributed by atoms with Crippen LogP contribution in [0.25, 0.3) is 10.9 Å². The highest BCUT2D eigenvalue weighted by Crippen LogP contribution is 2.35. The van der Waals surface area contributed by atoms with Crippen molar-refractivity contribution in [2.24, 2.45) is 0 Å². The summed E-state index contributed by atoms with van der Waals surface area (Å²) in [6.45, 7) is 3.24. The fourth-order valence-corrected chi connectivity index (χ4v) is 4.16. The molecule has 0 saturated heterocycles. The van der Waals surface area contributed by atoms with Crippen LogP contribution in [0.2, 0.25) is 0 Å². The molecule has 2 aromatic carbocycles. The third-order valence-electron chi connectivity index (χ3n) is 5.43. The maximum absolute atomic E-state index is 5.46. The van der Waals surface area contributed by atoms with Gasteiger partial charge in [0.2, 0.25) is 0 Å². The van der Waals surface area contributed by atoms with Crippen molar-refractivity contribution < 1.29 is 9.47 Å². The Morgan fingerprint density at radius 1 is 1.08 bits per heavy atom. The smallest absolute Gasteiger partial charge is 0.160 e. The first-order valence-corrected chi connectivity index (χ1v) is 9.31. The fourth-order valence-electron chi connectivity index (χ4n) is 4.16. The average Bonchev–Trinajstić information content (AvgIpc) is 3.07. The quantitative estimate of drug-likeness (QED) is 0.726. The summed E-state index contributed by atoms with van der Waals surface area (Å²) in [5.41, 5.74) is 6.76. The lowest BCUT2D eigenvalue weighted by molar-refractivity contribution is 0.354. The Morgan fingerprint density at radius 3 is 2.69 bits per heavy atom. The molecule has 1 aliphatic rings. The van der Waals surface area contributed by atoms with E-state index in [9.17, 15) is 0 Å². The lowest BCUT2D eigenvalue weighted by Crippen LogP contribution is -2.31. The maximum atomic E-state index is 5.46. The molecule has 2 N–H and O–H groups in total. The summed E-state index contributed by atoms with van der Waals surface area (Å²) in [5.74, 6) is 1.55. The van der Waals surface area contributed by atoms with E-state index in [4.69, 9.17) is 9.47 Å². The molecule has 0 fully saturated rings. The number of nitrogens with one attached hydrogen (secondary N) is 2. The zero-order chi connectivity index (χ0) is 18.1. The first-order chi connectivity index (χ1) is 12.7. The Hall–Kier alpha value is -2.46. The van der Waals surface area contributed by atoms with Crippen LogP contribution in [-0.2, 0) is 19.3 Å². The van der Waals surface area contributed by atoms with Crippen LogP contribution in [0.3, 0.4) is 0 Å². The number of H-pyrrole nitrogens is 1. The highest BCUT2D eigenvalue weighted by Gasteiger charge is 2.25. The van der Waals surface area contributed by atoms with Crippen LogP contribution in [0.1, 0.15) is 35.3 Å². The molecule has 1 aliphatic heterocycles. The minimum absolute atomic E-state index is 0.286. The summed E-state index contributed by atoms with van der Waals surface area (Å²) in [7, 11) is 3.35. The minimum Gasteiger partial charge on any atom is -0.493 e. The molecule has 0 amide bonds. The van der Waals surface area contributed by atoms with Crippen molar-refractivity contribution >= 4 is 10.9 Å². The molecule has 1 atom stereocenters. The first-order valence-electron chi connectivity index (χ1n) is 9.31. The van der Waals surface area contributed by atoms with Gasteiger partial charge in [0.05, 0.1) is 20.3 Å². The Kier molecular flexibility index (Phi) is 4.60. The summed E-state index contributed by atoms with van der Waals surface area (Å²) in [6, 6.07) is 13.1. The van der Waals surface area contributed by atoms with E-state index in [1.165, 1.54) is 33.3 Å². The van der Waals surface area contributed by atoms with Crippen LogP contribution in [0.5, 0.6) is 11.5 Å². The van der Waals surface area contributed by atoms with Gasteiger partial charge in [-0.15, -0.1) is 0 Å². The highest BCUT2D eigenvalue weighted by molar-refractivity contribution is 5.88. The van der Waals surface area contributed by atoms with E-state index in [0.29, 0.717) is 0 Å². The van der Waals surface area contributed by atoms with Gasteiger partial charge in [-0.25, -0.2) is 0 Å². The van der Waals surface area contributed by atoms with Gasteiger partial charge in [-0.1, -0.05) is 25.1 Å². The molecule has 0 radical (unpaired) electrons. The maximum Gasteiger partial charge on any atom is 0.160 e. The molecular formula is C22H26N2O2. The number of ether oxygens (including phenoxy) is 2. The minimum atomic E-state index is 0.286. The van der Waals surface area contributed by atoms with E-state index >= 15 is 0 Å². The molecule has 3 aromatic rings. The zero-order valence-electron chi connectivity index (χ0n) is 15.7. The Bertz CT molecular complexity index is 929. The second-order valence-corrected chi connectivity index (χ2v) is 6.86. The van der Waals surface area contributed by atoms with Crippen molar-refractivity contribution in [2.75, 3.05) is 20.8 Å². The highest BCUT2D eigenvalue weighted by atomic mass is 16.5. The number of hydrogen-bond donors (Lipinski definition) is 2. The molecule has 1 aromatic heterocycles. The number of fused-ring (bicyclic) bond motifs is 3. The third kappa shape index (κ3) is 2.84. The number of methoxy groups -OCH3 is 2. The molecule has 4 nitrogen and oxygen atoms in total. The van der Waals surface area contributed by atoms with Gasteiger partial charge in [-0.05, 0) is 60.7 Å². The number of aromatic amines is 1. The van der Waals surface area contributed by atoms with Gasteiger partial charge < -0.3 is 19.8 Å². The standard InChI is InChI=1S/C22H26N2O2/c1-4-15-6-5-7-17-21(15)16-10-11-23-18(22(16)24-17)12-14-8-9-19(25-2)20(13-14)26-3/h5-9,13,18,23-24H,4,10-12H2,1-3H3. The molecule has 136 valence electrons. The van der Waals surface area contributed by atoms with E-state index in [1.54, 1.807) is 14.2 Å². The number of hydrogen-bond acceptors (Lipinski definition) is 3. The third-order valence-corrected chi connectivity index (χ3v) is 5.43. The summed E-state index contributed by atoms with van der Waals surface area (Å²) in [5, 5.41) is 5.12. The molecule has 2 heterocycles. The van der Waals surface area contributed by atoms with Crippen LogP contribution in [0, 0.1) is 0 Å². The lowest BCUT2D eigenvalue weighted by Gasteiger charge is -2.25. The van der Waals surface area contributed by atoms with E-state index in [1.807, 2.05) is 6.07 Å². The van der Waals surface area contributed by atoms with Gasteiger partial charge in [-0.2, -0.15) is 0 Å². The van der Waals surface area contributed by atoms with Crippen molar-refractivity contribution in [1.82, 2.24) is 10.3 Å². The molecule has 0 saturated carbocycles. The molecule has 4 rings (SSSR count). The molecule has 0 aliphatic carbocycles. The van der Waals surface area contributed by atoms with Gasteiger partial charge >= 0.3 is 0 Å². The SMILES string of the molecule is CCc1cccc2[nH]c3c(c12)CCNC3Cc1ccc(OC)c(OC)c1. The summed E-state index contributed by atoms with van der Waals surface area (Å²) in [4.78, 5) is 3.69.